The smallest absolute Gasteiger partial charge is 0.300 e. The van der Waals surface area contributed by atoms with Gasteiger partial charge in [-0.2, -0.15) is 15.2 Å². The summed E-state index contributed by atoms with van der Waals surface area (Å²) in [4.78, 5) is 26.4. The fourth-order valence-electron chi connectivity index (χ4n) is 7.60. The highest BCUT2D eigenvalue weighted by Crippen LogP contribution is 2.35. The zero-order chi connectivity index (χ0) is 36.8. The van der Waals surface area contributed by atoms with Crippen LogP contribution in [0.2, 0.25) is 0 Å². The van der Waals surface area contributed by atoms with E-state index in [-0.39, 0.29) is 6.04 Å². The molecule has 2 fully saturated rings. The largest absolute Gasteiger partial charge is 0.423 e. The normalized spacial score (nSPS) is 18.4. The molecule has 2 aromatic carbocycles. The Morgan fingerprint density at radius 2 is 1.40 bits per heavy atom. The van der Waals surface area contributed by atoms with Crippen LogP contribution in [0.25, 0.3) is 44.4 Å². The predicted molar refractivity (Wildman–Crippen MR) is 216 cm³/mol. The molecule has 0 amide bonds. The van der Waals surface area contributed by atoms with Gasteiger partial charge in [0.05, 0.1) is 22.9 Å². The van der Waals surface area contributed by atoms with Crippen LogP contribution in [0.15, 0.2) is 53.5 Å². The Morgan fingerprint density at radius 3 is 2.04 bits per heavy atom. The first-order chi connectivity index (χ1) is 25.6. The summed E-state index contributed by atoms with van der Waals surface area (Å²) in [5, 5.41) is 14.5. The molecule has 0 saturated carbocycles. The van der Waals surface area contributed by atoms with Crippen molar-refractivity contribution in [1.82, 2.24) is 54.3 Å². The number of fused-ring (bicyclic) bond motifs is 3. The van der Waals surface area contributed by atoms with Gasteiger partial charge in [0.2, 0.25) is 0 Å². The maximum Gasteiger partial charge on any atom is 0.300 e. The van der Waals surface area contributed by atoms with Crippen molar-refractivity contribution in [2.24, 2.45) is 0 Å². The molecular formula is C37H43IN14O. The standard InChI is InChI=1S/C26H28N8O.C11H15IN6/c1-15-11-16(2)23-20(12-15)31-26(35-23)30-18-8-6-17(7-9-18)22-21-24(27)28-14-29-25(21)34(32-22)19-5-4-10-33(3)13-19;1-17-4-2-3-7(5-17)18-11-8(9(12)16-18)10(13)14-6-15-11/h6-9,11-12,14,19H,4-5,10,13H2,1-3H3,(H,30,31)(H2,27,28,29);6-7H,2-5H2,1H3,(H2,13,14,15). The van der Waals surface area contributed by atoms with Crippen molar-refractivity contribution in [2.45, 2.75) is 51.6 Å². The second kappa shape index (κ2) is 14.5. The first-order valence-electron chi connectivity index (χ1n) is 17.9. The van der Waals surface area contributed by atoms with Crippen molar-refractivity contribution < 1.29 is 4.42 Å². The van der Waals surface area contributed by atoms with E-state index in [4.69, 9.17) is 21.0 Å². The number of benzene rings is 2. The molecule has 9 rings (SSSR count). The van der Waals surface area contributed by atoms with Gasteiger partial charge in [-0.15, -0.1) is 0 Å². The minimum atomic E-state index is 0.256. The Balaban J connectivity index is 0.000000186. The van der Waals surface area contributed by atoms with Gasteiger partial charge < -0.3 is 31.0 Å². The zero-order valence-electron chi connectivity index (χ0n) is 30.3. The molecule has 0 bridgehead atoms. The molecule has 7 heterocycles. The molecule has 15 nitrogen and oxygen atoms in total. The number of nitrogens with zero attached hydrogens (tertiary/aromatic N) is 11. The second-order valence-electron chi connectivity index (χ2n) is 14.2. The monoisotopic (exact) mass is 826 g/mol. The number of nitrogens with one attached hydrogen (secondary N) is 1. The quantitative estimate of drug-likeness (QED) is 0.169. The lowest BCUT2D eigenvalue weighted by atomic mass is 10.1. The van der Waals surface area contributed by atoms with Gasteiger partial charge in [-0.3, -0.25) is 0 Å². The number of nitrogens with two attached hydrogens (primary N) is 2. The van der Waals surface area contributed by atoms with E-state index in [1.807, 2.05) is 46.6 Å². The minimum absolute atomic E-state index is 0.256. The summed E-state index contributed by atoms with van der Waals surface area (Å²) in [6.07, 6.45) is 7.56. The summed E-state index contributed by atoms with van der Waals surface area (Å²) in [6, 6.07) is 13.2. The summed E-state index contributed by atoms with van der Waals surface area (Å²) < 4.78 is 10.9. The van der Waals surface area contributed by atoms with Crippen molar-refractivity contribution in [1.29, 1.82) is 0 Å². The second-order valence-corrected chi connectivity index (χ2v) is 15.2. The van der Waals surface area contributed by atoms with Crippen LogP contribution in [0.1, 0.15) is 48.9 Å². The number of nitrogen functional groups attached to an aromatic ring is 2. The lowest BCUT2D eigenvalue weighted by Crippen LogP contribution is -2.34. The predicted octanol–water partition coefficient (Wildman–Crippen LogP) is 6.12. The molecule has 2 unspecified atom stereocenters. The summed E-state index contributed by atoms with van der Waals surface area (Å²) in [7, 11) is 4.29. The number of likely N-dealkylation sites (N-methyl/N-ethyl adjacent to an activating group) is 2. The van der Waals surface area contributed by atoms with Gasteiger partial charge in [0.1, 0.15) is 39.2 Å². The number of aromatic nitrogens is 9. The number of rotatable bonds is 5. The number of hydrogen-bond donors (Lipinski definition) is 3. The van der Waals surface area contributed by atoms with E-state index in [1.165, 1.54) is 19.1 Å². The molecule has 2 aliphatic rings. The molecule has 2 atom stereocenters. The van der Waals surface area contributed by atoms with Crippen LogP contribution in [0.4, 0.5) is 23.3 Å². The molecule has 0 radical (unpaired) electrons. The molecule has 7 aromatic rings. The molecule has 0 spiro atoms. The van der Waals surface area contributed by atoms with Gasteiger partial charge >= 0.3 is 0 Å². The lowest BCUT2D eigenvalue weighted by molar-refractivity contribution is 0.205. The minimum Gasteiger partial charge on any atom is -0.423 e. The number of oxazole rings is 1. The molecule has 2 aliphatic heterocycles. The van der Waals surface area contributed by atoms with Crippen molar-refractivity contribution in [3.05, 3.63) is 63.9 Å². The molecule has 5 N–H and O–H groups in total. The highest BCUT2D eigenvalue weighted by atomic mass is 127. The summed E-state index contributed by atoms with van der Waals surface area (Å²) >= 11 is 2.20. The van der Waals surface area contributed by atoms with E-state index >= 15 is 0 Å². The first-order valence-corrected chi connectivity index (χ1v) is 19.0. The molecular weight excluding hydrogens is 783 g/mol. The van der Waals surface area contributed by atoms with Crippen molar-refractivity contribution in [3.8, 4) is 11.3 Å². The van der Waals surface area contributed by atoms with E-state index in [9.17, 15) is 0 Å². The van der Waals surface area contributed by atoms with Crippen LogP contribution in [0, 0.1) is 17.5 Å². The van der Waals surface area contributed by atoms with Gasteiger partial charge in [0.25, 0.3) is 6.01 Å². The fraction of sp³-hybridized carbons (Fsp3) is 0.378. The van der Waals surface area contributed by atoms with Crippen LogP contribution in [0.3, 0.4) is 0 Å². The summed E-state index contributed by atoms with van der Waals surface area (Å²) in [5.41, 5.74) is 20.4. The van der Waals surface area contributed by atoms with E-state index in [0.717, 1.165) is 110 Å². The Bertz CT molecular complexity index is 2420. The van der Waals surface area contributed by atoms with Crippen molar-refractivity contribution in [3.63, 3.8) is 0 Å². The Hall–Kier alpha value is -4.94. The van der Waals surface area contributed by atoms with Crippen LogP contribution in [-0.2, 0) is 0 Å². The van der Waals surface area contributed by atoms with Gasteiger partial charge in [0, 0.05) is 24.3 Å². The summed E-state index contributed by atoms with van der Waals surface area (Å²) in [5.74, 6) is 0.958. The maximum atomic E-state index is 6.31. The van der Waals surface area contributed by atoms with Crippen LogP contribution < -0.4 is 16.8 Å². The van der Waals surface area contributed by atoms with Crippen molar-refractivity contribution >= 4 is 79.1 Å². The Labute approximate surface area is 320 Å². The first kappa shape index (κ1) is 35.1. The van der Waals surface area contributed by atoms with Crippen molar-refractivity contribution in [2.75, 3.05) is 57.1 Å². The third-order valence-corrected chi connectivity index (χ3v) is 10.9. The molecule has 2 saturated heterocycles. The van der Waals surface area contributed by atoms with Crippen LogP contribution >= 0.6 is 22.6 Å². The maximum absolute atomic E-state index is 6.31. The van der Waals surface area contributed by atoms with E-state index in [0.29, 0.717) is 23.7 Å². The van der Waals surface area contributed by atoms with Gasteiger partial charge in [-0.1, -0.05) is 18.2 Å². The van der Waals surface area contributed by atoms with Crippen LogP contribution in [-0.4, -0.2) is 94.6 Å². The number of likely N-dealkylation sites (tertiary alicyclic amines) is 2. The third-order valence-electron chi connectivity index (χ3n) is 10.1. The average Bonchev–Trinajstić information content (AvgIpc) is 3.83. The number of aryl methyl sites for hydroxylation is 2. The molecule has 274 valence electrons. The number of piperidine rings is 2. The molecule has 53 heavy (non-hydrogen) atoms. The van der Waals surface area contributed by atoms with Gasteiger partial charge in [0.15, 0.2) is 16.9 Å². The molecule has 5 aromatic heterocycles. The number of hydrogen-bond acceptors (Lipinski definition) is 13. The highest BCUT2D eigenvalue weighted by Gasteiger charge is 2.26. The Kier molecular flexibility index (Phi) is 9.59. The Morgan fingerprint density at radius 1 is 0.792 bits per heavy atom. The highest BCUT2D eigenvalue weighted by molar-refractivity contribution is 14.1. The van der Waals surface area contributed by atoms with Gasteiger partial charge in [-0.25, -0.2) is 29.3 Å². The third kappa shape index (κ3) is 6.97. The molecule has 16 heteroatoms. The van der Waals surface area contributed by atoms with E-state index in [1.54, 1.807) is 0 Å². The molecule has 0 aliphatic carbocycles. The average molecular weight is 827 g/mol. The SMILES string of the molecule is CN1CCCC(n2nc(I)c3c(N)ncnc32)C1.Cc1cc(C)c2oc(Nc3ccc(-c4nn(C5CCCN(C)C5)c5ncnc(N)c45)cc3)nc2c1. The number of anilines is 4. The van der Waals surface area contributed by atoms with E-state index < -0.39 is 0 Å². The summed E-state index contributed by atoms with van der Waals surface area (Å²) in [6.45, 7) is 8.30. The zero-order valence-corrected chi connectivity index (χ0v) is 32.4. The van der Waals surface area contributed by atoms with Gasteiger partial charge in [-0.05, 0) is 119 Å². The van der Waals surface area contributed by atoms with E-state index in [2.05, 4.69) is 94.8 Å². The van der Waals surface area contributed by atoms with Crippen LogP contribution in [0.5, 0.6) is 0 Å². The number of halogens is 1. The lowest BCUT2D eigenvalue weighted by Gasteiger charge is -2.29. The fourth-order valence-corrected chi connectivity index (χ4v) is 8.35. The topological polar surface area (TPSA) is 184 Å².